The number of carbonyl (C=O) groups excluding carboxylic acids is 1. The van der Waals surface area contributed by atoms with Crippen LogP contribution in [0.25, 0.3) is 0 Å². The van der Waals surface area contributed by atoms with Gasteiger partial charge in [0.25, 0.3) is 0 Å². The van der Waals surface area contributed by atoms with Crippen LogP contribution >= 0.6 is 0 Å². The Kier molecular flexibility index (Phi) is 6.06. The molecule has 0 radical (unpaired) electrons. The maximum Gasteiger partial charge on any atom is 0.394 e. The molecule has 0 bridgehead atoms. The third kappa shape index (κ3) is 5.36. The van der Waals surface area contributed by atoms with Crippen molar-refractivity contribution >= 4 is 22.8 Å². The molecule has 0 spiro atoms. The zero-order valence-corrected chi connectivity index (χ0v) is 14.0. The van der Waals surface area contributed by atoms with E-state index < -0.39 is 58.6 Å². The van der Waals surface area contributed by atoms with Crippen molar-refractivity contribution in [2.24, 2.45) is 11.8 Å². The fourth-order valence-electron chi connectivity index (χ4n) is 2.22. The molecule has 1 fully saturated rings. The Labute approximate surface area is 134 Å². The van der Waals surface area contributed by atoms with E-state index in [0.29, 0.717) is 0 Å². The number of nitrogens with one attached hydrogen (secondary N) is 1. The summed E-state index contributed by atoms with van der Waals surface area (Å²) >= 11 is 0. The van der Waals surface area contributed by atoms with Crippen molar-refractivity contribution in [1.82, 2.24) is 10.2 Å². The smallest absolute Gasteiger partial charge is 0.394 e. The van der Waals surface area contributed by atoms with Crippen LogP contribution in [0.5, 0.6) is 0 Å². The predicted molar refractivity (Wildman–Crippen MR) is 78.4 cm³/mol. The van der Waals surface area contributed by atoms with Crippen LogP contribution in [0.15, 0.2) is 0 Å². The first kappa shape index (κ1) is 19.7. The molecule has 1 rings (SSSR count). The molecule has 2 amide bonds. The molecular weight excluding hydrogens is 337 g/mol. The van der Waals surface area contributed by atoms with E-state index >= 15 is 0 Å². The Morgan fingerprint density at radius 1 is 1.26 bits per heavy atom. The minimum absolute atomic E-state index is 0.0492. The maximum atomic E-state index is 12.8. The molecule has 134 valence electrons. The third-order valence-corrected chi connectivity index (χ3v) is 5.53. The number of rotatable bonds is 4. The van der Waals surface area contributed by atoms with Crippen LogP contribution in [0, 0.1) is 11.8 Å². The van der Waals surface area contributed by atoms with Gasteiger partial charge in [0.15, 0.2) is 0 Å². The average molecular weight is 358 g/mol. The maximum absolute atomic E-state index is 12.8. The van der Waals surface area contributed by atoms with Gasteiger partial charge in [0, 0.05) is 40.9 Å². The highest BCUT2D eigenvalue weighted by Gasteiger charge is 2.53. The first-order valence-electron chi connectivity index (χ1n) is 7.05. The molecule has 0 aromatic rings. The molecule has 6 nitrogen and oxygen atoms in total. The van der Waals surface area contributed by atoms with Gasteiger partial charge < -0.3 is 15.3 Å². The number of carbonyl (C=O) groups is 2. The molecule has 0 saturated carbocycles. The van der Waals surface area contributed by atoms with Crippen molar-refractivity contribution in [3.8, 4) is 0 Å². The Hall–Kier alpha value is -1.32. The number of hydrogen-bond donors (Lipinski definition) is 2. The Morgan fingerprint density at radius 2 is 1.83 bits per heavy atom. The summed E-state index contributed by atoms with van der Waals surface area (Å²) in [5, 5.41) is 11.3. The average Bonchev–Trinajstić information content (AvgIpc) is 2.82. The Balaban J connectivity index is 2.58. The van der Waals surface area contributed by atoms with Gasteiger partial charge in [-0.25, -0.2) is 4.79 Å². The van der Waals surface area contributed by atoms with Gasteiger partial charge in [0.2, 0.25) is 0 Å². The number of urea groups is 1. The molecule has 3 atom stereocenters. The van der Waals surface area contributed by atoms with Crippen LogP contribution in [-0.4, -0.2) is 62.5 Å². The highest BCUT2D eigenvalue weighted by molar-refractivity contribution is 7.86. The van der Waals surface area contributed by atoms with Crippen molar-refractivity contribution in [2.75, 3.05) is 25.4 Å². The number of nitrogens with zero attached hydrogens (tertiary/aromatic N) is 1. The zero-order valence-electron chi connectivity index (χ0n) is 13.1. The summed E-state index contributed by atoms with van der Waals surface area (Å²) in [5.41, 5.74) is 0. The lowest BCUT2D eigenvalue weighted by Gasteiger charge is -2.20. The van der Waals surface area contributed by atoms with Gasteiger partial charge in [0.05, 0.1) is 11.8 Å². The number of aliphatic carboxylic acids is 1. The summed E-state index contributed by atoms with van der Waals surface area (Å²) in [6.07, 6.45) is -4.67. The fourth-order valence-corrected chi connectivity index (χ4v) is 3.12. The van der Waals surface area contributed by atoms with E-state index in [1.807, 2.05) is 0 Å². The Morgan fingerprint density at radius 3 is 2.22 bits per heavy atom. The molecule has 1 aliphatic rings. The second kappa shape index (κ2) is 7.06. The summed E-state index contributed by atoms with van der Waals surface area (Å²) in [4.78, 5) is 23.7. The summed E-state index contributed by atoms with van der Waals surface area (Å²) in [6.45, 7) is 4.19. The van der Waals surface area contributed by atoms with Gasteiger partial charge in [-0.2, -0.15) is 13.2 Å². The molecule has 2 N–H and O–H groups in total. The molecule has 0 aliphatic carbocycles. The summed E-state index contributed by atoms with van der Waals surface area (Å²) in [7, 11) is -1.20. The topological polar surface area (TPSA) is 86.7 Å². The molecule has 10 heteroatoms. The second-order valence-electron chi connectivity index (χ2n) is 6.39. The number of halogens is 3. The van der Waals surface area contributed by atoms with Crippen LogP contribution in [0.4, 0.5) is 18.0 Å². The second-order valence-corrected chi connectivity index (χ2v) is 8.72. The van der Waals surface area contributed by atoms with E-state index in [0.717, 1.165) is 4.90 Å². The van der Waals surface area contributed by atoms with E-state index in [2.05, 4.69) is 5.32 Å². The predicted octanol–water partition coefficient (Wildman–Crippen LogP) is 1.44. The molecule has 1 heterocycles. The van der Waals surface area contributed by atoms with E-state index in [9.17, 15) is 27.0 Å². The first-order chi connectivity index (χ1) is 10.3. The van der Waals surface area contributed by atoms with Crippen molar-refractivity contribution in [1.29, 1.82) is 0 Å². The zero-order chi connectivity index (χ0) is 18.0. The van der Waals surface area contributed by atoms with Gasteiger partial charge >= 0.3 is 18.2 Å². The summed E-state index contributed by atoms with van der Waals surface area (Å²) in [6, 6.07) is -0.770. The lowest BCUT2D eigenvalue weighted by atomic mass is 9.96. The van der Waals surface area contributed by atoms with Crippen LogP contribution in [0.1, 0.15) is 20.8 Å². The molecule has 1 unspecified atom stereocenters. The van der Waals surface area contributed by atoms with E-state index in [4.69, 9.17) is 5.11 Å². The Bertz CT molecular complexity index is 491. The van der Waals surface area contributed by atoms with E-state index in [-0.39, 0.29) is 12.3 Å². The standard InChI is InChI=1S/C13H21F3N2O4S/c1-12(2,3)23(22)5-4-17-11(21)18-6-8(10(19)20)9(7-18)13(14,15)16/h8-9H,4-7H2,1-3H3,(H,17,21)(H,19,20)/t8-,9-,23?/m1/s1. The fraction of sp³-hybridized carbons (Fsp3) is 0.846. The third-order valence-electron chi connectivity index (χ3n) is 3.59. The van der Waals surface area contributed by atoms with Crippen LogP contribution in [0.3, 0.4) is 0 Å². The number of carboxylic acid groups (broad SMARTS) is 1. The molecule has 23 heavy (non-hydrogen) atoms. The van der Waals surface area contributed by atoms with Gasteiger partial charge in [-0.15, -0.1) is 0 Å². The highest BCUT2D eigenvalue weighted by Crippen LogP contribution is 2.37. The lowest BCUT2D eigenvalue weighted by molar-refractivity contribution is -0.187. The van der Waals surface area contributed by atoms with E-state index in [1.165, 1.54) is 0 Å². The van der Waals surface area contributed by atoms with Gasteiger partial charge in [-0.3, -0.25) is 9.00 Å². The van der Waals surface area contributed by atoms with Crippen molar-refractivity contribution in [3.05, 3.63) is 0 Å². The highest BCUT2D eigenvalue weighted by atomic mass is 32.2. The molecular formula is C13H21F3N2O4S. The van der Waals surface area contributed by atoms with Crippen LogP contribution in [0.2, 0.25) is 0 Å². The molecule has 0 aromatic carbocycles. The number of likely N-dealkylation sites (tertiary alicyclic amines) is 1. The number of amides is 2. The van der Waals surface area contributed by atoms with E-state index in [1.54, 1.807) is 20.8 Å². The van der Waals surface area contributed by atoms with Gasteiger partial charge in [-0.05, 0) is 20.8 Å². The minimum atomic E-state index is -4.67. The SMILES string of the molecule is CC(C)(C)S(=O)CCNC(=O)N1C[C@@H](C(F)(F)F)[C@H](C(=O)O)C1. The van der Waals surface area contributed by atoms with Crippen molar-refractivity contribution in [2.45, 2.75) is 31.7 Å². The quantitative estimate of drug-likeness (QED) is 0.796. The molecule has 0 aromatic heterocycles. The monoisotopic (exact) mass is 358 g/mol. The summed E-state index contributed by atoms with van der Waals surface area (Å²) < 4.78 is 49.9. The van der Waals surface area contributed by atoms with Crippen LogP contribution in [-0.2, 0) is 15.6 Å². The van der Waals surface area contributed by atoms with Gasteiger partial charge in [-0.1, -0.05) is 0 Å². The largest absolute Gasteiger partial charge is 0.481 e. The molecule has 1 saturated heterocycles. The number of alkyl halides is 3. The first-order valence-corrected chi connectivity index (χ1v) is 8.36. The lowest BCUT2D eigenvalue weighted by Crippen LogP contribution is -2.41. The minimum Gasteiger partial charge on any atom is -0.481 e. The van der Waals surface area contributed by atoms with Crippen LogP contribution < -0.4 is 5.32 Å². The van der Waals surface area contributed by atoms with Crippen molar-refractivity contribution in [3.63, 3.8) is 0 Å². The number of carboxylic acids is 1. The summed E-state index contributed by atoms with van der Waals surface area (Å²) in [5.74, 6) is -5.14. The van der Waals surface area contributed by atoms with Crippen molar-refractivity contribution < 1.29 is 32.1 Å². The van der Waals surface area contributed by atoms with Gasteiger partial charge in [0.1, 0.15) is 0 Å². The number of hydrogen-bond acceptors (Lipinski definition) is 3. The normalized spacial score (nSPS) is 23.7. The molecule has 1 aliphatic heterocycles.